The number of rotatable bonds is 4. The minimum absolute atomic E-state index is 0.1000. The number of aromatic nitrogens is 1. The summed E-state index contributed by atoms with van der Waals surface area (Å²) in [6.45, 7) is 4.58. The van der Waals surface area contributed by atoms with Crippen molar-refractivity contribution >= 4 is 17.9 Å². The normalized spacial score (nSPS) is 16.0. The third kappa shape index (κ3) is 4.30. The van der Waals surface area contributed by atoms with E-state index in [1.54, 1.807) is 13.8 Å². The summed E-state index contributed by atoms with van der Waals surface area (Å²) in [4.78, 5) is 35.7. The molecular formula is C15H21N3O5. The lowest BCUT2D eigenvalue weighted by atomic mass is 10.2. The van der Waals surface area contributed by atoms with Crippen LogP contribution >= 0.6 is 0 Å². The smallest absolute Gasteiger partial charge is 0.344 e. The molecule has 126 valence electrons. The summed E-state index contributed by atoms with van der Waals surface area (Å²) >= 11 is 0. The highest BCUT2D eigenvalue weighted by atomic mass is 16.5. The van der Waals surface area contributed by atoms with Crippen molar-refractivity contribution in [2.24, 2.45) is 0 Å². The SMILES string of the molecule is Cc1noc(C)c1C(=O)O[C@H](C)C(=O)NC(=O)NC1CCCC1. The van der Waals surface area contributed by atoms with E-state index in [2.05, 4.69) is 15.8 Å². The Morgan fingerprint density at radius 3 is 2.48 bits per heavy atom. The lowest BCUT2D eigenvalue weighted by Crippen LogP contribution is -2.47. The molecule has 23 heavy (non-hydrogen) atoms. The number of amides is 3. The number of aryl methyl sites for hydroxylation is 2. The molecule has 0 aromatic carbocycles. The molecule has 8 nitrogen and oxygen atoms in total. The van der Waals surface area contributed by atoms with Gasteiger partial charge in [-0.25, -0.2) is 9.59 Å². The van der Waals surface area contributed by atoms with Gasteiger partial charge >= 0.3 is 12.0 Å². The van der Waals surface area contributed by atoms with Crippen LogP contribution in [0.25, 0.3) is 0 Å². The number of ether oxygens (including phenoxy) is 1. The average molecular weight is 323 g/mol. The lowest BCUT2D eigenvalue weighted by molar-refractivity contribution is -0.127. The van der Waals surface area contributed by atoms with Crippen LogP contribution in [0.1, 0.15) is 54.4 Å². The third-order valence-corrected chi connectivity index (χ3v) is 3.82. The van der Waals surface area contributed by atoms with Crippen molar-refractivity contribution in [2.75, 3.05) is 0 Å². The molecule has 0 saturated heterocycles. The summed E-state index contributed by atoms with van der Waals surface area (Å²) in [5, 5.41) is 8.56. The topological polar surface area (TPSA) is 111 Å². The Labute approximate surface area is 133 Å². The first-order valence-electron chi connectivity index (χ1n) is 7.63. The zero-order valence-corrected chi connectivity index (χ0v) is 13.5. The van der Waals surface area contributed by atoms with Crippen molar-refractivity contribution in [3.05, 3.63) is 17.0 Å². The van der Waals surface area contributed by atoms with Gasteiger partial charge in [0.25, 0.3) is 5.91 Å². The molecule has 2 rings (SSSR count). The zero-order chi connectivity index (χ0) is 17.0. The Kier molecular flexibility index (Phi) is 5.36. The number of carbonyl (C=O) groups is 3. The standard InChI is InChI=1S/C15H21N3O5/c1-8-12(9(2)23-18-8)14(20)22-10(3)13(19)17-15(21)16-11-6-4-5-7-11/h10-11H,4-7H2,1-3H3,(H2,16,17,19,21)/t10-/m1/s1. The number of carbonyl (C=O) groups excluding carboxylic acids is 3. The van der Waals surface area contributed by atoms with E-state index in [0.717, 1.165) is 25.7 Å². The van der Waals surface area contributed by atoms with Crippen LogP contribution < -0.4 is 10.6 Å². The molecule has 1 aromatic rings. The summed E-state index contributed by atoms with van der Waals surface area (Å²) in [5.74, 6) is -1.07. The molecule has 0 spiro atoms. The molecule has 0 aliphatic heterocycles. The predicted molar refractivity (Wildman–Crippen MR) is 79.8 cm³/mol. The van der Waals surface area contributed by atoms with Gasteiger partial charge in [0.05, 0.1) is 5.69 Å². The van der Waals surface area contributed by atoms with E-state index >= 15 is 0 Å². The van der Waals surface area contributed by atoms with Gasteiger partial charge in [0, 0.05) is 6.04 Å². The summed E-state index contributed by atoms with van der Waals surface area (Å²) < 4.78 is 9.94. The first kappa shape index (κ1) is 17.0. The number of nitrogens with zero attached hydrogens (tertiary/aromatic N) is 1. The molecule has 1 fully saturated rings. The van der Waals surface area contributed by atoms with E-state index < -0.39 is 24.0 Å². The molecule has 0 radical (unpaired) electrons. The first-order chi connectivity index (χ1) is 10.9. The Bertz CT molecular complexity index is 585. The van der Waals surface area contributed by atoms with Gasteiger partial charge in [-0.1, -0.05) is 18.0 Å². The maximum absolute atomic E-state index is 12.0. The molecule has 3 amide bonds. The fourth-order valence-corrected chi connectivity index (χ4v) is 2.55. The fourth-order valence-electron chi connectivity index (χ4n) is 2.55. The van der Waals surface area contributed by atoms with Crippen LogP contribution in [-0.2, 0) is 9.53 Å². The Hall–Kier alpha value is -2.38. The van der Waals surface area contributed by atoms with Crippen molar-refractivity contribution in [3.8, 4) is 0 Å². The van der Waals surface area contributed by atoms with Gasteiger partial charge in [0.2, 0.25) is 0 Å². The van der Waals surface area contributed by atoms with Gasteiger partial charge in [-0.3, -0.25) is 10.1 Å². The van der Waals surface area contributed by atoms with E-state index in [4.69, 9.17) is 9.26 Å². The summed E-state index contributed by atoms with van der Waals surface area (Å²) in [6, 6.07) is -0.468. The van der Waals surface area contributed by atoms with Crippen LogP contribution in [0.2, 0.25) is 0 Å². The van der Waals surface area contributed by atoms with Crippen LogP contribution in [0.15, 0.2) is 4.52 Å². The quantitative estimate of drug-likeness (QED) is 0.814. The van der Waals surface area contributed by atoms with E-state index in [1.807, 2.05) is 0 Å². The minimum Gasteiger partial charge on any atom is -0.449 e. The summed E-state index contributed by atoms with van der Waals surface area (Å²) in [7, 11) is 0. The van der Waals surface area contributed by atoms with Gasteiger partial charge in [-0.05, 0) is 33.6 Å². The number of hydrogen-bond acceptors (Lipinski definition) is 6. The number of imide groups is 1. The fraction of sp³-hybridized carbons (Fsp3) is 0.600. The van der Waals surface area contributed by atoms with E-state index in [-0.39, 0.29) is 11.6 Å². The van der Waals surface area contributed by atoms with Gasteiger partial charge in [-0.2, -0.15) is 0 Å². The molecule has 8 heteroatoms. The molecule has 1 aliphatic rings. The average Bonchev–Trinajstić information content (AvgIpc) is 3.08. The number of esters is 1. The second kappa shape index (κ2) is 7.26. The second-order valence-corrected chi connectivity index (χ2v) is 5.69. The van der Waals surface area contributed by atoms with Gasteiger partial charge in [0.1, 0.15) is 11.3 Å². The van der Waals surface area contributed by atoms with E-state index in [0.29, 0.717) is 11.5 Å². The molecule has 1 heterocycles. The highest BCUT2D eigenvalue weighted by molar-refractivity contribution is 5.99. The van der Waals surface area contributed by atoms with Gasteiger partial charge < -0.3 is 14.6 Å². The highest BCUT2D eigenvalue weighted by Gasteiger charge is 2.26. The molecule has 0 bridgehead atoms. The Balaban J connectivity index is 1.84. The second-order valence-electron chi connectivity index (χ2n) is 5.69. The number of urea groups is 1. The Morgan fingerprint density at radius 2 is 1.91 bits per heavy atom. The monoisotopic (exact) mass is 323 g/mol. The van der Waals surface area contributed by atoms with Gasteiger partial charge in [0.15, 0.2) is 6.10 Å². The first-order valence-corrected chi connectivity index (χ1v) is 7.63. The Morgan fingerprint density at radius 1 is 1.26 bits per heavy atom. The zero-order valence-electron chi connectivity index (χ0n) is 13.5. The number of nitrogens with one attached hydrogen (secondary N) is 2. The third-order valence-electron chi connectivity index (χ3n) is 3.82. The van der Waals surface area contributed by atoms with Crippen molar-refractivity contribution in [2.45, 2.75) is 58.6 Å². The lowest BCUT2D eigenvalue weighted by Gasteiger charge is -2.15. The van der Waals surface area contributed by atoms with Crippen molar-refractivity contribution in [1.82, 2.24) is 15.8 Å². The number of hydrogen-bond donors (Lipinski definition) is 2. The summed E-state index contributed by atoms with van der Waals surface area (Å²) in [6.07, 6.45) is 2.87. The van der Waals surface area contributed by atoms with Crippen LogP contribution in [0.3, 0.4) is 0 Å². The molecule has 1 aromatic heterocycles. The van der Waals surface area contributed by atoms with Crippen LogP contribution in [0.4, 0.5) is 4.79 Å². The molecule has 2 N–H and O–H groups in total. The molecular weight excluding hydrogens is 302 g/mol. The minimum atomic E-state index is -1.11. The molecule has 1 atom stereocenters. The van der Waals surface area contributed by atoms with E-state index in [1.165, 1.54) is 6.92 Å². The van der Waals surface area contributed by atoms with Crippen LogP contribution in [-0.4, -0.2) is 35.2 Å². The van der Waals surface area contributed by atoms with E-state index in [9.17, 15) is 14.4 Å². The molecule has 1 saturated carbocycles. The maximum Gasteiger partial charge on any atom is 0.344 e. The molecule has 0 unspecified atom stereocenters. The highest BCUT2D eigenvalue weighted by Crippen LogP contribution is 2.17. The maximum atomic E-state index is 12.0. The van der Waals surface area contributed by atoms with Crippen molar-refractivity contribution < 1.29 is 23.6 Å². The van der Waals surface area contributed by atoms with Gasteiger partial charge in [-0.15, -0.1) is 0 Å². The van der Waals surface area contributed by atoms with Crippen LogP contribution in [0.5, 0.6) is 0 Å². The van der Waals surface area contributed by atoms with Crippen molar-refractivity contribution in [1.29, 1.82) is 0 Å². The molecule has 1 aliphatic carbocycles. The van der Waals surface area contributed by atoms with Crippen LogP contribution in [0, 0.1) is 13.8 Å². The summed E-state index contributed by atoms with van der Waals surface area (Å²) in [5.41, 5.74) is 0.583. The largest absolute Gasteiger partial charge is 0.449 e. The predicted octanol–water partition coefficient (Wildman–Crippen LogP) is 1.61. The van der Waals surface area contributed by atoms with Crippen molar-refractivity contribution in [3.63, 3.8) is 0 Å².